The summed E-state index contributed by atoms with van der Waals surface area (Å²) in [5.41, 5.74) is 1.72. The van der Waals surface area contributed by atoms with Crippen LogP contribution in [0.4, 0.5) is 10.5 Å². The molecule has 0 bridgehead atoms. The van der Waals surface area contributed by atoms with Crippen molar-refractivity contribution in [3.05, 3.63) is 81.1 Å². The average Bonchev–Trinajstić information content (AvgIpc) is 3.24. The zero-order valence-corrected chi connectivity index (χ0v) is 20.3. The summed E-state index contributed by atoms with van der Waals surface area (Å²) in [6.45, 7) is 1.63. The Morgan fingerprint density at radius 1 is 1.06 bits per heavy atom. The number of nitrogens with zero attached hydrogens (tertiary/aromatic N) is 3. The number of rotatable bonds is 7. The fourth-order valence-corrected chi connectivity index (χ4v) is 4.60. The fourth-order valence-electron chi connectivity index (χ4n) is 3.75. The molecule has 1 N–H and O–H groups in total. The highest BCUT2D eigenvalue weighted by Gasteiger charge is 2.35. The molecule has 0 spiro atoms. The first kappa shape index (κ1) is 24.1. The lowest BCUT2D eigenvalue weighted by molar-refractivity contribution is -0.123. The highest BCUT2D eigenvalue weighted by atomic mass is 32.2. The lowest BCUT2D eigenvalue weighted by atomic mass is 10.2. The summed E-state index contributed by atoms with van der Waals surface area (Å²) in [4.78, 5) is 52.1. The average molecular weight is 493 g/mol. The van der Waals surface area contributed by atoms with Crippen molar-refractivity contribution in [3.8, 4) is 11.4 Å². The number of anilines is 1. The van der Waals surface area contributed by atoms with Crippen LogP contribution in [0.1, 0.15) is 17.7 Å². The number of hydrogen-bond donors (Lipinski definition) is 1. The van der Waals surface area contributed by atoms with Crippen LogP contribution in [0.3, 0.4) is 0 Å². The van der Waals surface area contributed by atoms with Crippen molar-refractivity contribution >= 4 is 40.6 Å². The Hall–Kier alpha value is -4.05. The monoisotopic (exact) mass is 492 g/mol. The smallest absolute Gasteiger partial charge is 0.295 e. The standard InChI is InChI=1S/C25H24N4O5S/c1-16-22(24(32)29(27(16)2)18-10-5-4-6-11-18)26-21(30)13-14-28-23(31)20(35-25(28)33)15-17-9-7-8-12-19(17)34-3/h4-12,15H,13-14H2,1-3H3,(H,26,30)/b20-15+. The molecule has 0 saturated carbocycles. The number of thioether (sulfide) groups is 1. The number of carbonyl (C=O) groups excluding carboxylic acids is 3. The predicted octanol–water partition coefficient (Wildman–Crippen LogP) is 3.56. The number of benzene rings is 2. The fraction of sp³-hybridized carbons (Fsp3) is 0.200. The number of carbonyl (C=O) groups is 3. The zero-order chi connectivity index (χ0) is 25.1. The van der Waals surface area contributed by atoms with Crippen LogP contribution >= 0.6 is 11.8 Å². The molecule has 1 aromatic heterocycles. The lowest BCUT2D eigenvalue weighted by Gasteiger charge is -2.12. The van der Waals surface area contributed by atoms with E-state index in [2.05, 4.69) is 5.32 Å². The SMILES string of the molecule is COc1ccccc1/C=C1/SC(=O)N(CCC(=O)Nc2c(C)n(C)n(-c3ccccc3)c2=O)C1=O. The first-order chi connectivity index (χ1) is 16.8. The van der Waals surface area contributed by atoms with Crippen molar-refractivity contribution in [2.24, 2.45) is 7.05 Å². The summed E-state index contributed by atoms with van der Waals surface area (Å²) in [7, 11) is 3.26. The molecule has 2 heterocycles. The van der Waals surface area contributed by atoms with Crippen molar-refractivity contribution in [1.82, 2.24) is 14.3 Å². The number of aromatic nitrogens is 2. The van der Waals surface area contributed by atoms with Crippen LogP contribution in [0.15, 0.2) is 64.3 Å². The van der Waals surface area contributed by atoms with Gasteiger partial charge in [0.1, 0.15) is 11.4 Å². The van der Waals surface area contributed by atoms with Gasteiger partial charge in [-0.2, -0.15) is 0 Å². The number of para-hydroxylation sites is 2. The Kier molecular flexibility index (Phi) is 6.92. The summed E-state index contributed by atoms with van der Waals surface area (Å²) in [6.07, 6.45) is 1.46. The molecule has 1 aliphatic rings. The molecule has 3 amide bonds. The normalized spacial score (nSPS) is 14.6. The number of amides is 3. The van der Waals surface area contributed by atoms with Gasteiger partial charge in [0.15, 0.2) is 0 Å². The third-order valence-corrected chi connectivity index (χ3v) is 6.59. The van der Waals surface area contributed by atoms with Gasteiger partial charge in [-0.1, -0.05) is 36.4 Å². The largest absolute Gasteiger partial charge is 0.496 e. The van der Waals surface area contributed by atoms with Gasteiger partial charge in [-0.05, 0) is 43.0 Å². The summed E-state index contributed by atoms with van der Waals surface area (Å²) >= 11 is 0.814. The molecule has 1 aliphatic heterocycles. The molecular formula is C25H24N4O5S. The van der Waals surface area contributed by atoms with Crippen LogP contribution in [0.25, 0.3) is 11.8 Å². The number of methoxy groups -OCH3 is 1. The van der Waals surface area contributed by atoms with E-state index in [1.807, 2.05) is 24.3 Å². The molecule has 10 heteroatoms. The van der Waals surface area contributed by atoms with E-state index >= 15 is 0 Å². The molecule has 1 saturated heterocycles. The molecule has 0 unspecified atom stereocenters. The van der Waals surface area contributed by atoms with E-state index < -0.39 is 17.1 Å². The van der Waals surface area contributed by atoms with E-state index in [1.54, 1.807) is 55.1 Å². The van der Waals surface area contributed by atoms with Crippen molar-refractivity contribution in [3.63, 3.8) is 0 Å². The molecule has 0 atom stereocenters. The van der Waals surface area contributed by atoms with Gasteiger partial charge in [-0.15, -0.1) is 0 Å². The molecule has 9 nitrogen and oxygen atoms in total. The second-order valence-electron chi connectivity index (χ2n) is 7.81. The van der Waals surface area contributed by atoms with Crippen LogP contribution in [0.2, 0.25) is 0 Å². The molecule has 3 aromatic rings. The topological polar surface area (TPSA) is 103 Å². The van der Waals surface area contributed by atoms with Crippen molar-refractivity contribution in [1.29, 1.82) is 0 Å². The minimum Gasteiger partial charge on any atom is -0.496 e. The summed E-state index contributed by atoms with van der Waals surface area (Å²) < 4.78 is 8.41. The summed E-state index contributed by atoms with van der Waals surface area (Å²) in [5, 5.41) is 2.20. The molecule has 0 radical (unpaired) electrons. The Morgan fingerprint density at radius 3 is 2.46 bits per heavy atom. The number of hydrogen-bond acceptors (Lipinski definition) is 6. The molecular weight excluding hydrogens is 468 g/mol. The summed E-state index contributed by atoms with van der Waals surface area (Å²) in [5.74, 6) is -0.358. The van der Waals surface area contributed by atoms with Gasteiger partial charge >= 0.3 is 0 Å². The lowest BCUT2D eigenvalue weighted by Crippen LogP contribution is -2.32. The third kappa shape index (κ3) is 4.78. The highest BCUT2D eigenvalue weighted by molar-refractivity contribution is 8.18. The van der Waals surface area contributed by atoms with Crippen LogP contribution in [-0.4, -0.2) is 45.0 Å². The number of ether oxygens (including phenoxy) is 1. The molecule has 1 fully saturated rings. The third-order valence-electron chi connectivity index (χ3n) is 5.68. The van der Waals surface area contributed by atoms with E-state index in [9.17, 15) is 19.2 Å². The van der Waals surface area contributed by atoms with Gasteiger partial charge in [-0.3, -0.25) is 28.8 Å². The van der Waals surface area contributed by atoms with Gasteiger partial charge in [-0.25, -0.2) is 4.68 Å². The van der Waals surface area contributed by atoms with Gasteiger partial charge in [0, 0.05) is 25.6 Å². The van der Waals surface area contributed by atoms with E-state index in [1.165, 1.54) is 11.8 Å². The second-order valence-corrected chi connectivity index (χ2v) is 8.80. The Balaban J connectivity index is 1.45. The quantitative estimate of drug-likeness (QED) is 0.506. The molecule has 180 valence electrons. The molecule has 4 rings (SSSR count). The van der Waals surface area contributed by atoms with Gasteiger partial charge in [0.05, 0.1) is 23.4 Å². The minimum atomic E-state index is -0.471. The van der Waals surface area contributed by atoms with Crippen LogP contribution < -0.4 is 15.6 Å². The maximum atomic E-state index is 13.0. The second kappa shape index (κ2) is 10.1. The first-order valence-corrected chi connectivity index (χ1v) is 11.7. The van der Waals surface area contributed by atoms with Crippen LogP contribution in [0.5, 0.6) is 5.75 Å². The molecule has 35 heavy (non-hydrogen) atoms. The number of nitrogens with one attached hydrogen (secondary N) is 1. The van der Waals surface area contributed by atoms with Crippen LogP contribution in [0, 0.1) is 6.92 Å². The van der Waals surface area contributed by atoms with Gasteiger partial charge < -0.3 is 10.1 Å². The predicted molar refractivity (Wildman–Crippen MR) is 135 cm³/mol. The van der Waals surface area contributed by atoms with Crippen LogP contribution in [-0.2, 0) is 16.6 Å². The van der Waals surface area contributed by atoms with E-state index in [4.69, 9.17) is 4.74 Å². The molecule has 0 aliphatic carbocycles. The van der Waals surface area contributed by atoms with Gasteiger partial charge in [0.2, 0.25) is 5.91 Å². The molecule has 2 aromatic carbocycles. The zero-order valence-electron chi connectivity index (χ0n) is 19.5. The summed E-state index contributed by atoms with van der Waals surface area (Å²) in [6, 6.07) is 16.2. The Bertz CT molecular complexity index is 1390. The van der Waals surface area contributed by atoms with E-state index in [-0.39, 0.29) is 29.1 Å². The first-order valence-electron chi connectivity index (χ1n) is 10.8. The maximum absolute atomic E-state index is 13.0. The van der Waals surface area contributed by atoms with Gasteiger partial charge in [0.25, 0.3) is 16.7 Å². The Labute approximate surface area is 206 Å². The maximum Gasteiger partial charge on any atom is 0.295 e. The van der Waals surface area contributed by atoms with Crippen molar-refractivity contribution in [2.45, 2.75) is 13.3 Å². The highest BCUT2D eigenvalue weighted by Crippen LogP contribution is 2.34. The van der Waals surface area contributed by atoms with E-state index in [0.29, 0.717) is 22.7 Å². The minimum absolute atomic E-state index is 0.0987. The van der Waals surface area contributed by atoms with E-state index in [0.717, 1.165) is 16.7 Å². The number of imide groups is 1. The van der Waals surface area contributed by atoms with Crippen molar-refractivity contribution < 1.29 is 19.1 Å². The Morgan fingerprint density at radius 2 is 1.74 bits per heavy atom. The van der Waals surface area contributed by atoms with Crippen molar-refractivity contribution in [2.75, 3.05) is 19.0 Å².